The Morgan fingerprint density at radius 3 is 2.74 bits per heavy atom. The summed E-state index contributed by atoms with van der Waals surface area (Å²) in [6, 6.07) is 6.74. The van der Waals surface area contributed by atoms with Crippen LogP contribution in [0.3, 0.4) is 0 Å². The SMILES string of the molecule is COC(=O)[C@@H](C)NC(=O)c1ccc2ccn(C)c2c1. The summed E-state index contributed by atoms with van der Waals surface area (Å²) in [5.41, 5.74) is 1.49. The average Bonchev–Trinajstić information content (AvgIpc) is 2.78. The van der Waals surface area contributed by atoms with Gasteiger partial charge in [0, 0.05) is 24.3 Å². The molecule has 0 spiro atoms. The molecule has 1 atom stereocenters. The van der Waals surface area contributed by atoms with E-state index in [-0.39, 0.29) is 5.91 Å². The van der Waals surface area contributed by atoms with E-state index in [1.54, 1.807) is 19.1 Å². The molecule has 19 heavy (non-hydrogen) atoms. The minimum Gasteiger partial charge on any atom is -0.467 e. The molecule has 1 heterocycles. The second kappa shape index (κ2) is 5.14. The maximum absolute atomic E-state index is 12.0. The Hall–Kier alpha value is -2.30. The molecule has 0 aliphatic rings. The smallest absolute Gasteiger partial charge is 0.328 e. The van der Waals surface area contributed by atoms with Gasteiger partial charge in [0.2, 0.25) is 0 Å². The van der Waals surface area contributed by atoms with Crippen molar-refractivity contribution in [3.63, 3.8) is 0 Å². The van der Waals surface area contributed by atoms with Crippen LogP contribution in [0, 0.1) is 0 Å². The highest BCUT2D eigenvalue weighted by Gasteiger charge is 2.17. The molecule has 0 aliphatic heterocycles. The zero-order valence-corrected chi connectivity index (χ0v) is 11.1. The van der Waals surface area contributed by atoms with E-state index in [1.807, 2.05) is 29.9 Å². The first-order chi connectivity index (χ1) is 9.02. The number of nitrogens with zero attached hydrogens (tertiary/aromatic N) is 1. The van der Waals surface area contributed by atoms with Crippen molar-refractivity contribution in [1.29, 1.82) is 0 Å². The molecule has 100 valence electrons. The second-order valence-corrected chi connectivity index (χ2v) is 4.42. The lowest BCUT2D eigenvalue weighted by molar-refractivity contribution is -0.142. The molecule has 1 amide bonds. The minimum atomic E-state index is -0.665. The number of benzene rings is 1. The third-order valence-electron chi connectivity index (χ3n) is 3.05. The number of rotatable bonds is 3. The Morgan fingerprint density at radius 1 is 1.32 bits per heavy atom. The normalized spacial score (nSPS) is 12.2. The monoisotopic (exact) mass is 260 g/mol. The second-order valence-electron chi connectivity index (χ2n) is 4.42. The number of amides is 1. The van der Waals surface area contributed by atoms with Crippen molar-refractivity contribution in [2.24, 2.45) is 7.05 Å². The van der Waals surface area contributed by atoms with Crippen molar-refractivity contribution in [1.82, 2.24) is 9.88 Å². The van der Waals surface area contributed by atoms with Crippen LogP contribution in [0.4, 0.5) is 0 Å². The van der Waals surface area contributed by atoms with E-state index in [0.717, 1.165) is 10.9 Å². The number of carbonyl (C=O) groups is 2. The molecule has 0 unspecified atom stereocenters. The predicted molar refractivity (Wildman–Crippen MR) is 71.9 cm³/mol. The first-order valence-corrected chi connectivity index (χ1v) is 5.96. The standard InChI is InChI=1S/C14H16N2O3/c1-9(14(18)19-3)15-13(17)11-5-4-10-6-7-16(2)12(10)8-11/h4-9H,1-3H3,(H,15,17)/t9-/m1/s1. The van der Waals surface area contributed by atoms with Crippen LogP contribution in [0.5, 0.6) is 0 Å². The van der Waals surface area contributed by atoms with Crippen molar-refractivity contribution in [2.75, 3.05) is 7.11 Å². The molecule has 0 saturated heterocycles. The van der Waals surface area contributed by atoms with E-state index < -0.39 is 12.0 Å². The number of carbonyl (C=O) groups excluding carboxylic acids is 2. The molecule has 5 nitrogen and oxygen atoms in total. The van der Waals surface area contributed by atoms with Crippen molar-refractivity contribution < 1.29 is 14.3 Å². The van der Waals surface area contributed by atoms with Crippen LogP contribution < -0.4 is 5.32 Å². The highest BCUT2D eigenvalue weighted by molar-refractivity contribution is 5.99. The lowest BCUT2D eigenvalue weighted by Crippen LogP contribution is -2.39. The van der Waals surface area contributed by atoms with Crippen LogP contribution in [0.25, 0.3) is 10.9 Å². The summed E-state index contributed by atoms with van der Waals surface area (Å²) in [6.45, 7) is 1.59. The van der Waals surface area contributed by atoms with Gasteiger partial charge in [-0.25, -0.2) is 4.79 Å². The average molecular weight is 260 g/mol. The summed E-state index contributed by atoms with van der Waals surface area (Å²) in [4.78, 5) is 23.3. The van der Waals surface area contributed by atoms with Crippen molar-refractivity contribution in [3.05, 3.63) is 36.0 Å². The van der Waals surface area contributed by atoms with Gasteiger partial charge >= 0.3 is 5.97 Å². The summed E-state index contributed by atoms with van der Waals surface area (Å²) in [5, 5.41) is 3.67. The van der Waals surface area contributed by atoms with E-state index >= 15 is 0 Å². The largest absolute Gasteiger partial charge is 0.467 e. The van der Waals surface area contributed by atoms with E-state index in [9.17, 15) is 9.59 Å². The molecule has 0 aliphatic carbocycles. The Bertz CT molecular complexity index is 631. The van der Waals surface area contributed by atoms with E-state index in [2.05, 4.69) is 10.1 Å². The number of aromatic nitrogens is 1. The summed E-state index contributed by atoms with van der Waals surface area (Å²) < 4.78 is 6.51. The van der Waals surface area contributed by atoms with Gasteiger partial charge in [-0.15, -0.1) is 0 Å². The lowest BCUT2D eigenvalue weighted by Gasteiger charge is -2.11. The minimum absolute atomic E-state index is 0.291. The highest BCUT2D eigenvalue weighted by Crippen LogP contribution is 2.16. The quantitative estimate of drug-likeness (QED) is 0.850. The molecule has 0 saturated carbocycles. The molecule has 1 N–H and O–H groups in total. The molecule has 0 fully saturated rings. The number of hydrogen-bond acceptors (Lipinski definition) is 3. The van der Waals surface area contributed by atoms with Gasteiger partial charge in [-0.1, -0.05) is 6.07 Å². The fourth-order valence-electron chi connectivity index (χ4n) is 1.92. The number of methoxy groups -OCH3 is 1. The third-order valence-corrected chi connectivity index (χ3v) is 3.05. The Balaban J connectivity index is 2.21. The third kappa shape index (κ3) is 2.59. The van der Waals surface area contributed by atoms with Crippen molar-refractivity contribution in [2.45, 2.75) is 13.0 Å². The maximum Gasteiger partial charge on any atom is 0.328 e. The number of esters is 1. The van der Waals surface area contributed by atoms with Gasteiger partial charge in [0.15, 0.2) is 0 Å². The Labute approximate surface area is 111 Å². The summed E-state index contributed by atoms with van der Waals surface area (Å²) in [6.07, 6.45) is 1.93. The molecule has 5 heteroatoms. The predicted octanol–water partition coefficient (Wildman–Crippen LogP) is 1.47. The fourth-order valence-corrected chi connectivity index (χ4v) is 1.92. The molecular weight excluding hydrogens is 244 g/mol. The van der Waals surface area contributed by atoms with Crippen LogP contribution in [0.2, 0.25) is 0 Å². The van der Waals surface area contributed by atoms with E-state index in [1.165, 1.54) is 7.11 Å². The van der Waals surface area contributed by atoms with Crippen LogP contribution >= 0.6 is 0 Å². The van der Waals surface area contributed by atoms with Crippen LogP contribution in [0.1, 0.15) is 17.3 Å². The topological polar surface area (TPSA) is 60.3 Å². The first kappa shape index (κ1) is 13.1. The van der Waals surface area contributed by atoms with E-state index in [0.29, 0.717) is 5.56 Å². The molecular formula is C14H16N2O3. The first-order valence-electron chi connectivity index (χ1n) is 5.96. The Morgan fingerprint density at radius 2 is 2.05 bits per heavy atom. The lowest BCUT2D eigenvalue weighted by atomic mass is 10.1. The number of aryl methyl sites for hydroxylation is 1. The van der Waals surface area contributed by atoms with Gasteiger partial charge in [-0.05, 0) is 30.5 Å². The van der Waals surface area contributed by atoms with Gasteiger partial charge < -0.3 is 14.6 Å². The summed E-state index contributed by atoms with van der Waals surface area (Å²) in [7, 11) is 3.21. The molecule has 1 aromatic carbocycles. The zero-order chi connectivity index (χ0) is 14.0. The van der Waals surface area contributed by atoms with E-state index in [4.69, 9.17) is 0 Å². The molecule has 2 aromatic rings. The van der Waals surface area contributed by atoms with Gasteiger partial charge in [-0.2, -0.15) is 0 Å². The number of fused-ring (bicyclic) bond motifs is 1. The fraction of sp³-hybridized carbons (Fsp3) is 0.286. The molecule has 2 rings (SSSR count). The van der Waals surface area contributed by atoms with Crippen molar-refractivity contribution >= 4 is 22.8 Å². The van der Waals surface area contributed by atoms with Gasteiger partial charge in [0.05, 0.1) is 7.11 Å². The zero-order valence-electron chi connectivity index (χ0n) is 11.1. The highest BCUT2D eigenvalue weighted by atomic mass is 16.5. The van der Waals surface area contributed by atoms with Crippen LogP contribution in [0.15, 0.2) is 30.5 Å². The number of ether oxygens (including phenoxy) is 1. The van der Waals surface area contributed by atoms with Gasteiger partial charge in [-0.3, -0.25) is 4.79 Å². The van der Waals surface area contributed by atoms with Crippen molar-refractivity contribution in [3.8, 4) is 0 Å². The Kier molecular flexibility index (Phi) is 3.55. The summed E-state index contributed by atoms with van der Waals surface area (Å²) >= 11 is 0. The maximum atomic E-state index is 12.0. The van der Waals surface area contributed by atoms with Crippen LogP contribution in [-0.4, -0.2) is 29.6 Å². The number of nitrogens with one attached hydrogen (secondary N) is 1. The van der Waals surface area contributed by atoms with Crippen LogP contribution in [-0.2, 0) is 16.6 Å². The summed E-state index contributed by atoms with van der Waals surface area (Å²) in [5.74, 6) is -0.755. The van der Waals surface area contributed by atoms with Gasteiger partial charge in [0.1, 0.15) is 6.04 Å². The molecule has 1 aromatic heterocycles. The number of hydrogen-bond donors (Lipinski definition) is 1. The molecule has 0 radical (unpaired) electrons. The molecule has 0 bridgehead atoms. The van der Waals surface area contributed by atoms with Gasteiger partial charge in [0.25, 0.3) is 5.91 Å².